The van der Waals surface area contributed by atoms with Crippen molar-refractivity contribution < 1.29 is 14.4 Å². The first-order chi connectivity index (χ1) is 17.4. The van der Waals surface area contributed by atoms with Crippen LogP contribution in [0, 0.1) is 0 Å². The zero-order valence-corrected chi connectivity index (χ0v) is 20.8. The number of nitrogens with two attached hydrogens (primary N) is 3. The second kappa shape index (κ2) is 13.7. The molecule has 3 rings (SSSR count). The number of aryl methyl sites for hydroxylation is 1. The summed E-state index contributed by atoms with van der Waals surface area (Å²) in [6, 6.07) is 16.1. The van der Waals surface area contributed by atoms with Crippen LogP contribution >= 0.6 is 0 Å². The lowest BCUT2D eigenvalue weighted by Crippen LogP contribution is -2.54. The minimum atomic E-state index is -1.08. The summed E-state index contributed by atoms with van der Waals surface area (Å²) >= 11 is 0. The number of carbonyl (C=O) groups is 3. The van der Waals surface area contributed by atoms with Gasteiger partial charge in [0.05, 0.1) is 12.5 Å². The molecule has 9 heteroatoms. The van der Waals surface area contributed by atoms with Gasteiger partial charge in [0.1, 0.15) is 6.04 Å². The predicted octanol–water partition coefficient (Wildman–Crippen LogP) is 0.152. The second-order valence-electron chi connectivity index (χ2n) is 9.13. The Morgan fingerprint density at radius 2 is 1.58 bits per heavy atom. The van der Waals surface area contributed by atoms with E-state index >= 15 is 0 Å². The zero-order chi connectivity index (χ0) is 25.9. The molecule has 0 saturated carbocycles. The van der Waals surface area contributed by atoms with Crippen LogP contribution in [0.2, 0.25) is 0 Å². The molecule has 7 N–H and O–H groups in total. The van der Waals surface area contributed by atoms with Gasteiger partial charge < -0.3 is 32.3 Å². The van der Waals surface area contributed by atoms with Crippen LogP contribution < -0.4 is 22.5 Å². The van der Waals surface area contributed by atoms with Gasteiger partial charge in [-0.2, -0.15) is 0 Å². The average molecular weight is 495 g/mol. The molecule has 194 valence electrons. The number of nitrogens with one attached hydrogen (secondary N) is 1. The number of nitrogens with zero attached hydrogens (tertiary/aromatic N) is 2. The third-order valence-electron chi connectivity index (χ3n) is 6.50. The minimum absolute atomic E-state index is 0.139. The van der Waals surface area contributed by atoms with Gasteiger partial charge in [0.25, 0.3) is 0 Å². The highest BCUT2D eigenvalue weighted by molar-refractivity contribution is 5.92. The molecule has 0 radical (unpaired) electrons. The summed E-state index contributed by atoms with van der Waals surface area (Å²) in [7, 11) is 0. The van der Waals surface area contributed by atoms with Gasteiger partial charge in [0.15, 0.2) is 0 Å². The van der Waals surface area contributed by atoms with Gasteiger partial charge in [-0.1, -0.05) is 54.6 Å². The van der Waals surface area contributed by atoms with E-state index in [1.54, 1.807) is 4.90 Å². The van der Waals surface area contributed by atoms with Crippen LogP contribution in [0.3, 0.4) is 0 Å². The summed E-state index contributed by atoms with van der Waals surface area (Å²) < 4.78 is 0. The quantitative estimate of drug-likeness (QED) is 0.330. The Morgan fingerprint density at radius 1 is 0.944 bits per heavy atom. The van der Waals surface area contributed by atoms with Crippen molar-refractivity contribution in [3.63, 3.8) is 0 Å². The van der Waals surface area contributed by atoms with E-state index in [0.29, 0.717) is 52.1 Å². The molecule has 2 atom stereocenters. The molecule has 1 aliphatic rings. The molecule has 2 aromatic rings. The molecule has 0 aliphatic carbocycles. The first-order valence-electron chi connectivity index (χ1n) is 12.6. The fourth-order valence-electron chi connectivity index (χ4n) is 4.48. The molecular formula is C27H38N6O3. The number of amides is 3. The molecule has 0 fully saturated rings. The van der Waals surface area contributed by atoms with E-state index < -0.39 is 18.0 Å². The summed E-state index contributed by atoms with van der Waals surface area (Å²) in [6.45, 7) is 2.37. The summed E-state index contributed by atoms with van der Waals surface area (Å²) in [5.74, 6) is -0.943. The van der Waals surface area contributed by atoms with E-state index in [-0.39, 0.29) is 18.2 Å². The molecule has 1 heterocycles. The van der Waals surface area contributed by atoms with Gasteiger partial charge in [-0.3, -0.25) is 14.4 Å². The fraction of sp³-hybridized carbons (Fsp3) is 0.444. The average Bonchev–Trinajstić information content (AvgIpc) is 2.90. The van der Waals surface area contributed by atoms with Gasteiger partial charge in [-0.15, -0.1) is 0 Å². The molecule has 0 saturated heterocycles. The van der Waals surface area contributed by atoms with Crippen LogP contribution in [-0.2, 0) is 33.8 Å². The van der Waals surface area contributed by atoms with Crippen LogP contribution in [0.1, 0.15) is 29.5 Å². The van der Waals surface area contributed by atoms with E-state index in [9.17, 15) is 14.4 Å². The Labute approximate surface area is 213 Å². The lowest BCUT2D eigenvalue weighted by atomic mass is 9.98. The van der Waals surface area contributed by atoms with Crippen LogP contribution in [0.25, 0.3) is 0 Å². The third-order valence-corrected chi connectivity index (χ3v) is 6.50. The standard InChI is InChI=1S/C27H38N6O3/c28-13-16-32(17-14-29)25(34)18-23(30)26(35)31-24(11-10-20-6-2-1-3-7-20)27(36)33-15-12-21-8-4-5-9-22(21)19-33/h1-9,23-24H,10-19,28-30H2,(H,31,35)/t23-,24-/m0/s1. The molecule has 0 aromatic heterocycles. The Kier molecular flexibility index (Phi) is 10.4. The lowest BCUT2D eigenvalue weighted by Gasteiger charge is -2.32. The monoisotopic (exact) mass is 494 g/mol. The van der Waals surface area contributed by atoms with Gasteiger partial charge in [0.2, 0.25) is 17.7 Å². The normalized spacial score (nSPS) is 14.5. The summed E-state index contributed by atoms with van der Waals surface area (Å²) in [5.41, 5.74) is 20.7. The van der Waals surface area contributed by atoms with Crippen molar-refractivity contribution >= 4 is 17.7 Å². The maximum absolute atomic E-state index is 13.6. The predicted molar refractivity (Wildman–Crippen MR) is 140 cm³/mol. The van der Waals surface area contributed by atoms with Crippen LogP contribution in [0.15, 0.2) is 54.6 Å². The van der Waals surface area contributed by atoms with Crippen molar-refractivity contribution in [2.45, 2.75) is 44.3 Å². The van der Waals surface area contributed by atoms with E-state index in [2.05, 4.69) is 11.4 Å². The second-order valence-corrected chi connectivity index (χ2v) is 9.13. The highest BCUT2D eigenvalue weighted by Crippen LogP contribution is 2.20. The number of carbonyl (C=O) groups excluding carboxylic acids is 3. The van der Waals surface area contributed by atoms with Crippen LogP contribution in [-0.4, -0.2) is 72.3 Å². The molecule has 3 amide bonds. The maximum atomic E-state index is 13.6. The number of fused-ring (bicyclic) bond motifs is 1. The number of hydrogen-bond acceptors (Lipinski definition) is 6. The largest absolute Gasteiger partial charge is 0.343 e. The molecule has 2 aromatic carbocycles. The minimum Gasteiger partial charge on any atom is -0.343 e. The first kappa shape index (κ1) is 27.3. The van der Waals surface area contributed by atoms with Crippen molar-refractivity contribution in [3.05, 3.63) is 71.3 Å². The molecular weight excluding hydrogens is 456 g/mol. The molecule has 9 nitrogen and oxygen atoms in total. The molecule has 0 spiro atoms. The number of rotatable bonds is 12. The molecule has 1 aliphatic heterocycles. The van der Waals surface area contributed by atoms with Gasteiger partial charge in [-0.25, -0.2) is 0 Å². The SMILES string of the molecule is NCCN(CCN)C(=O)C[C@H](N)C(=O)N[C@@H](CCc1ccccc1)C(=O)N1CCc2ccccc2C1. The highest BCUT2D eigenvalue weighted by Gasteiger charge is 2.30. The Morgan fingerprint density at radius 3 is 2.25 bits per heavy atom. The van der Waals surface area contributed by atoms with Crippen LogP contribution in [0.5, 0.6) is 0 Å². The van der Waals surface area contributed by atoms with Crippen molar-refractivity contribution in [2.24, 2.45) is 17.2 Å². The molecule has 0 bridgehead atoms. The fourth-order valence-corrected chi connectivity index (χ4v) is 4.48. The van der Waals surface area contributed by atoms with Crippen molar-refractivity contribution in [2.75, 3.05) is 32.7 Å². The van der Waals surface area contributed by atoms with E-state index in [0.717, 1.165) is 17.5 Å². The summed E-state index contributed by atoms with van der Waals surface area (Å²) in [6.07, 6.45) is 1.65. The summed E-state index contributed by atoms with van der Waals surface area (Å²) in [5, 5.41) is 2.84. The highest BCUT2D eigenvalue weighted by atomic mass is 16.2. The first-order valence-corrected chi connectivity index (χ1v) is 12.6. The lowest BCUT2D eigenvalue weighted by molar-refractivity contribution is -0.138. The molecule has 36 heavy (non-hydrogen) atoms. The van der Waals surface area contributed by atoms with Crippen LogP contribution in [0.4, 0.5) is 0 Å². The topological polar surface area (TPSA) is 148 Å². The molecule has 0 unspecified atom stereocenters. The number of benzene rings is 2. The Hall–Kier alpha value is -3.27. The maximum Gasteiger partial charge on any atom is 0.245 e. The van der Waals surface area contributed by atoms with Crippen molar-refractivity contribution in [3.8, 4) is 0 Å². The van der Waals surface area contributed by atoms with Crippen molar-refractivity contribution in [1.29, 1.82) is 0 Å². The van der Waals surface area contributed by atoms with Gasteiger partial charge in [-0.05, 0) is 36.0 Å². The smallest absolute Gasteiger partial charge is 0.245 e. The van der Waals surface area contributed by atoms with E-state index in [1.165, 1.54) is 10.5 Å². The summed E-state index contributed by atoms with van der Waals surface area (Å²) in [4.78, 5) is 42.5. The van der Waals surface area contributed by atoms with E-state index in [1.807, 2.05) is 48.5 Å². The number of hydrogen-bond donors (Lipinski definition) is 4. The Bertz CT molecular complexity index is 1010. The van der Waals surface area contributed by atoms with E-state index in [4.69, 9.17) is 17.2 Å². The zero-order valence-electron chi connectivity index (χ0n) is 20.8. The van der Waals surface area contributed by atoms with Gasteiger partial charge >= 0.3 is 0 Å². The third kappa shape index (κ3) is 7.61. The Balaban J connectivity index is 1.68. The van der Waals surface area contributed by atoms with Crippen molar-refractivity contribution in [1.82, 2.24) is 15.1 Å². The van der Waals surface area contributed by atoms with Gasteiger partial charge in [0, 0.05) is 39.3 Å².